The van der Waals surface area contributed by atoms with E-state index < -0.39 is 10.0 Å². The van der Waals surface area contributed by atoms with Crippen LogP contribution in [0.3, 0.4) is 0 Å². The van der Waals surface area contributed by atoms with Gasteiger partial charge < -0.3 is 13.9 Å². The van der Waals surface area contributed by atoms with Crippen LogP contribution in [0.1, 0.15) is 11.5 Å². The maximum atomic E-state index is 12.6. The van der Waals surface area contributed by atoms with Gasteiger partial charge in [-0.1, -0.05) is 17.7 Å². The van der Waals surface area contributed by atoms with Gasteiger partial charge >= 0.3 is 0 Å². The highest BCUT2D eigenvalue weighted by Crippen LogP contribution is 2.28. The summed E-state index contributed by atoms with van der Waals surface area (Å²) in [6.07, 6.45) is 0. The molecule has 0 fully saturated rings. The second-order valence-corrected chi connectivity index (χ2v) is 7.45. The highest BCUT2D eigenvalue weighted by Gasteiger charge is 2.21. The highest BCUT2D eigenvalue weighted by atomic mass is 32.2. The molecule has 0 radical (unpaired) electrons. The first kappa shape index (κ1) is 18.9. The number of ether oxygens (including phenoxy) is 2. The number of sulfonamides is 1. The van der Waals surface area contributed by atoms with Gasteiger partial charge in [0.2, 0.25) is 21.8 Å². The molecule has 0 amide bonds. The van der Waals surface area contributed by atoms with Gasteiger partial charge in [-0.3, -0.25) is 0 Å². The van der Waals surface area contributed by atoms with Crippen molar-refractivity contribution < 1.29 is 22.3 Å². The van der Waals surface area contributed by atoms with E-state index in [2.05, 4.69) is 14.9 Å². The van der Waals surface area contributed by atoms with Gasteiger partial charge in [0, 0.05) is 11.6 Å². The number of rotatable bonds is 7. The molecule has 1 heterocycles. The Labute approximate surface area is 157 Å². The van der Waals surface area contributed by atoms with Gasteiger partial charge in [-0.25, -0.2) is 13.1 Å². The van der Waals surface area contributed by atoms with Crippen molar-refractivity contribution in [2.45, 2.75) is 18.4 Å². The number of benzene rings is 2. The smallest absolute Gasteiger partial charge is 0.247 e. The second-order valence-electron chi connectivity index (χ2n) is 5.71. The number of nitrogens with one attached hydrogen (secondary N) is 1. The first-order valence-electron chi connectivity index (χ1n) is 8.04. The van der Waals surface area contributed by atoms with Crippen molar-refractivity contribution in [1.82, 2.24) is 14.9 Å². The number of hydrogen-bond acceptors (Lipinski definition) is 7. The Morgan fingerprint density at radius 2 is 1.89 bits per heavy atom. The quantitative estimate of drug-likeness (QED) is 0.662. The lowest BCUT2D eigenvalue weighted by Gasteiger charge is -2.11. The molecule has 8 nitrogen and oxygen atoms in total. The summed E-state index contributed by atoms with van der Waals surface area (Å²) in [6, 6.07) is 12.1. The van der Waals surface area contributed by atoms with E-state index in [9.17, 15) is 8.42 Å². The molecule has 2 aromatic carbocycles. The summed E-state index contributed by atoms with van der Waals surface area (Å²) in [5.41, 5.74) is 1.82. The van der Waals surface area contributed by atoms with Crippen LogP contribution in [-0.2, 0) is 16.6 Å². The van der Waals surface area contributed by atoms with Gasteiger partial charge in [0.25, 0.3) is 0 Å². The van der Waals surface area contributed by atoms with E-state index in [0.29, 0.717) is 11.6 Å². The van der Waals surface area contributed by atoms with Crippen molar-refractivity contribution in [1.29, 1.82) is 0 Å². The first-order valence-corrected chi connectivity index (χ1v) is 9.52. The second kappa shape index (κ2) is 7.77. The zero-order chi connectivity index (χ0) is 19.4. The van der Waals surface area contributed by atoms with Crippen LogP contribution in [0.4, 0.5) is 0 Å². The van der Waals surface area contributed by atoms with Crippen molar-refractivity contribution >= 4 is 10.0 Å². The SMILES string of the molecule is COc1ccc(OC)c(S(=O)(=O)NCc2nnc(-c3cccc(C)c3)o2)c1. The molecule has 142 valence electrons. The molecule has 0 saturated carbocycles. The molecule has 0 saturated heterocycles. The molecule has 0 bridgehead atoms. The van der Waals surface area contributed by atoms with Crippen LogP contribution < -0.4 is 14.2 Å². The molecular weight excluding hydrogens is 370 g/mol. The van der Waals surface area contributed by atoms with E-state index >= 15 is 0 Å². The molecule has 0 unspecified atom stereocenters. The fourth-order valence-electron chi connectivity index (χ4n) is 2.45. The Morgan fingerprint density at radius 3 is 2.59 bits per heavy atom. The summed E-state index contributed by atoms with van der Waals surface area (Å²) in [4.78, 5) is -0.0391. The lowest BCUT2D eigenvalue weighted by Crippen LogP contribution is -2.24. The zero-order valence-electron chi connectivity index (χ0n) is 15.1. The molecular formula is C18H19N3O5S. The molecule has 27 heavy (non-hydrogen) atoms. The average Bonchev–Trinajstić information content (AvgIpc) is 3.15. The van der Waals surface area contributed by atoms with Gasteiger partial charge in [-0.2, -0.15) is 0 Å². The third-order valence-electron chi connectivity index (χ3n) is 3.81. The van der Waals surface area contributed by atoms with Crippen LogP contribution in [0.5, 0.6) is 11.5 Å². The van der Waals surface area contributed by atoms with Crippen LogP contribution in [-0.4, -0.2) is 32.8 Å². The predicted octanol–water partition coefficient (Wildman–Crippen LogP) is 2.54. The highest BCUT2D eigenvalue weighted by molar-refractivity contribution is 7.89. The third kappa shape index (κ3) is 4.26. The van der Waals surface area contributed by atoms with Crippen LogP contribution in [0.25, 0.3) is 11.5 Å². The molecule has 0 atom stereocenters. The largest absolute Gasteiger partial charge is 0.497 e. The Balaban J connectivity index is 1.79. The summed E-state index contributed by atoms with van der Waals surface area (Å²) in [5, 5.41) is 7.86. The molecule has 0 aliphatic rings. The Bertz CT molecular complexity index is 1050. The van der Waals surface area contributed by atoms with Gasteiger partial charge in [0.15, 0.2) is 0 Å². The minimum atomic E-state index is -3.88. The van der Waals surface area contributed by atoms with E-state index in [-0.39, 0.29) is 23.1 Å². The van der Waals surface area contributed by atoms with E-state index in [4.69, 9.17) is 13.9 Å². The zero-order valence-corrected chi connectivity index (χ0v) is 15.9. The molecule has 0 aliphatic heterocycles. The third-order valence-corrected chi connectivity index (χ3v) is 5.23. The maximum absolute atomic E-state index is 12.6. The summed E-state index contributed by atoms with van der Waals surface area (Å²) < 4.78 is 43.5. The van der Waals surface area contributed by atoms with Crippen molar-refractivity contribution in [2.75, 3.05) is 14.2 Å². The van der Waals surface area contributed by atoms with Gasteiger partial charge in [-0.15, -0.1) is 10.2 Å². The lowest BCUT2D eigenvalue weighted by molar-refractivity contribution is 0.391. The monoisotopic (exact) mass is 389 g/mol. The summed E-state index contributed by atoms with van der Waals surface area (Å²) in [7, 11) is -1.03. The van der Waals surface area contributed by atoms with Gasteiger partial charge in [0.05, 0.1) is 20.8 Å². The summed E-state index contributed by atoms with van der Waals surface area (Å²) in [6.45, 7) is 1.80. The number of methoxy groups -OCH3 is 2. The Kier molecular flexibility index (Phi) is 5.43. The molecule has 1 N–H and O–H groups in total. The van der Waals surface area contributed by atoms with Crippen LogP contribution in [0.2, 0.25) is 0 Å². The number of aryl methyl sites for hydroxylation is 1. The fraction of sp³-hybridized carbons (Fsp3) is 0.222. The molecule has 1 aromatic heterocycles. The van der Waals surface area contributed by atoms with E-state index in [0.717, 1.165) is 11.1 Å². The topological polar surface area (TPSA) is 104 Å². The van der Waals surface area contributed by atoms with Crippen molar-refractivity contribution in [3.63, 3.8) is 0 Å². The van der Waals surface area contributed by atoms with Crippen LogP contribution >= 0.6 is 0 Å². The summed E-state index contributed by atoms with van der Waals surface area (Å²) >= 11 is 0. The lowest BCUT2D eigenvalue weighted by atomic mass is 10.1. The molecule has 3 rings (SSSR count). The van der Waals surface area contributed by atoms with Crippen molar-refractivity contribution in [2.24, 2.45) is 0 Å². The summed E-state index contributed by atoms with van der Waals surface area (Å²) in [5.74, 6) is 1.08. The van der Waals surface area contributed by atoms with Crippen molar-refractivity contribution in [3.8, 4) is 23.0 Å². The van der Waals surface area contributed by atoms with Crippen LogP contribution in [0, 0.1) is 6.92 Å². The van der Waals surface area contributed by atoms with E-state index in [1.165, 1.54) is 26.4 Å². The molecule has 0 spiro atoms. The standard InChI is InChI=1S/C18H19N3O5S/c1-12-5-4-6-13(9-12)18-21-20-17(26-18)11-19-27(22,23)16-10-14(24-2)7-8-15(16)25-3/h4-10,19H,11H2,1-3H3. The predicted molar refractivity (Wildman–Crippen MR) is 98.0 cm³/mol. The maximum Gasteiger partial charge on any atom is 0.247 e. The van der Waals surface area contributed by atoms with E-state index in [1.54, 1.807) is 6.07 Å². The molecule has 3 aromatic rings. The van der Waals surface area contributed by atoms with E-state index in [1.807, 2.05) is 31.2 Å². The van der Waals surface area contributed by atoms with Gasteiger partial charge in [0.1, 0.15) is 16.4 Å². The first-order chi connectivity index (χ1) is 12.9. The molecule has 0 aliphatic carbocycles. The van der Waals surface area contributed by atoms with Crippen LogP contribution in [0.15, 0.2) is 51.8 Å². The minimum absolute atomic E-state index is 0.0391. The number of hydrogen-bond donors (Lipinski definition) is 1. The number of nitrogens with zero attached hydrogens (tertiary/aromatic N) is 2. The molecule has 9 heteroatoms. The minimum Gasteiger partial charge on any atom is -0.497 e. The van der Waals surface area contributed by atoms with Crippen molar-refractivity contribution in [3.05, 3.63) is 53.9 Å². The Morgan fingerprint density at radius 1 is 1.07 bits per heavy atom. The number of aromatic nitrogens is 2. The average molecular weight is 389 g/mol. The fourth-order valence-corrected chi connectivity index (χ4v) is 3.60. The Hall–Kier alpha value is -2.91. The van der Waals surface area contributed by atoms with Gasteiger partial charge in [-0.05, 0) is 31.2 Å². The normalized spacial score (nSPS) is 11.4.